The highest BCUT2D eigenvalue weighted by Gasteiger charge is 2.15. The lowest BCUT2D eigenvalue weighted by atomic mass is 9.93. The molecule has 2 atom stereocenters. The van der Waals surface area contributed by atoms with E-state index < -0.39 is 6.10 Å². The van der Waals surface area contributed by atoms with Crippen LogP contribution in [0, 0.1) is 0 Å². The Balaban J connectivity index is 1.89. The van der Waals surface area contributed by atoms with Crippen molar-refractivity contribution >= 4 is 22.5 Å². The average Bonchev–Trinajstić information content (AvgIpc) is 2.99. The second kappa shape index (κ2) is 9.39. The van der Waals surface area contributed by atoms with Crippen LogP contribution in [0.25, 0.3) is 0 Å². The predicted molar refractivity (Wildman–Crippen MR) is 98.6 cm³/mol. The van der Waals surface area contributed by atoms with Gasteiger partial charge < -0.3 is 10.4 Å². The molecule has 2 amide bonds. The molecule has 0 fully saturated rings. The smallest absolute Gasteiger partial charge is 0.321 e. The zero-order valence-corrected chi connectivity index (χ0v) is 15.0. The predicted octanol–water partition coefficient (Wildman–Crippen LogP) is 3.77. The number of rotatable bonds is 8. The number of carbonyl (C=O) groups is 1. The lowest BCUT2D eigenvalue weighted by Gasteiger charge is -2.19. The maximum absolute atomic E-state index is 12.1. The van der Waals surface area contributed by atoms with Crippen LogP contribution in [0.4, 0.5) is 9.93 Å². The Kier molecular flexibility index (Phi) is 7.21. The first kappa shape index (κ1) is 18.4. The molecule has 130 valence electrons. The quantitative estimate of drug-likeness (QED) is 0.680. The number of hydrogen-bond donors (Lipinski definition) is 3. The summed E-state index contributed by atoms with van der Waals surface area (Å²) in [6.45, 7) is 4.33. The first-order valence-corrected chi connectivity index (χ1v) is 9.18. The Morgan fingerprint density at radius 1 is 1.33 bits per heavy atom. The van der Waals surface area contributed by atoms with Gasteiger partial charge in [0.1, 0.15) is 0 Å². The van der Waals surface area contributed by atoms with E-state index in [1.165, 1.54) is 11.3 Å². The van der Waals surface area contributed by atoms with Crippen LogP contribution in [-0.4, -0.2) is 28.8 Å². The van der Waals surface area contributed by atoms with Gasteiger partial charge in [-0.05, 0) is 25.3 Å². The van der Waals surface area contributed by atoms with Crippen molar-refractivity contribution in [2.24, 2.45) is 0 Å². The van der Waals surface area contributed by atoms with Crippen LogP contribution in [0.5, 0.6) is 0 Å². The molecule has 0 aliphatic carbocycles. The average molecular weight is 347 g/mol. The third kappa shape index (κ3) is 5.94. The zero-order valence-electron chi connectivity index (χ0n) is 14.2. The van der Waals surface area contributed by atoms with E-state index in [1.54, 1.807) is 6.92 Å². The molecular formula is C18H25N3O2S. The summed E-state index contributed by atoms with van der Waals surface area (Å²) in [5.74, 6) is 0.0731. The highest BCUT2D eigenvalue weighted by atomic mass is 32.1. The second-order valence-electron chi connectivity index (χ2n) is 5.92. The van der Waals surface area contributed by atoms with Gasteiger partial charge in [-0.3, -0.25) is 5.32 Å². The van der Waals surface area contributed by atoms with Crippen molar-refractivity contribution in [2.45, 2.75) is 45.1 Å². The number of thiazole rings is 1. The highest BCUT2D eigenvalue weighted by Crippen LogP contribution is 2.21. The number of carbonyl (C=O) groups excluding carboxylic acids is 1. The second-order valence-corrected chi connectivity index (χ2v) is 6.78. The molecule has 2 rings (SSSR count). The van der Waals surface area contributed by atoms with E-state index in [2.05, 4.69) is 22.5 Å². The number of benzene rings is 1. The molecule has 2 aromatic rings. The van der Waals surface area contributed by atoms with E-state index in [0.717, 1.165) is 24.1 Å². The fourth-order valence-electron chi connectivity index (χ4n) is 2.57. The van der Waals surface area contributed by atoms with Gasteiger partial charge in [-0.2, -0.15) is 0 Å². The number of amides is 2. The highest BCUT2D eigenvalue weighted by molar-refractivity contribution is 7.13. The van der Waals surface area contributed by atoms with E-state index in [1.807, 2.05) is 35.7 Å². The van der Waals surface area contributed by atoms with Gasteiger partial charge in [0.25, 0.3) is 0 Å². The molecule has 2 unspecified atom stereocenters. The number of anilines is 1. The van der Waals surface area contributed by atoms with Crippen LogP contribution in [0.15, 0.2) is 35.7 Å². The van der Waals surface area contributed by atoms with Gasteiger partial charge in [-0.1, -0.05) is 43.7 Å². The Morgan fingerprint density at radius 3 is 2.75 bits per heavy atom. The zero-order chi connectivity index (χ0) is 17.4. The monoisotopic (exact) mass is 347 g/mol. The van der Waals surface area contributed by atoms with Crippen LogP contribution in [-0.2, 0) is 6.42 Å². The number of aromatic nitrogens is 1. The van der Waals surface area contributed by atoms with Crippen LogP contribution in [0.1, 0.15) is 43.9 Å². The molecule has 1 aromatic heterocycles. The molecule has 0 saturated heterocycles. The van der Waals surface area contributed by atoms with E-state index in [4.69, 9.17) is 0 Å². The summed E-state index contributed by atoms with van der Waals surface area (Å²) in [6, 6.07) is 9.66. The molecule has 5 nitrogen and oxygen atoms in total. The van der Waals surface area contributed by atoms with Crippen molar-refractivity contribution < 1.29 is 9.90 Å². The van der Waals surface area contributed by atoms with Crippen molar-refractivity contribution in [1.29, 1.82) is 0 Å². The third-order valence-corrected chi connectivity index (χ3v) is 4.49. The molecule has 24 heavy (non-hydrogen) atoms. The topological polar surface area (TPSA) is 74.2 Å². The summed E-state index contributed by atoms with van der Waals surface area (Å²) in [6.07, 6.45) is 2.13. The molecule has 0 spiro atoms. The van der Waals surface area contributed by atoms with Crippen LogP contribution in [0.3, 0.4) is 0 Å². The molecule has 3 N–H and O–H groups in total. The molecule has 0 aliphatic heterocycles. The van der Waals surface area contributed by atoms with Gasteiger partial charge in [0.05, 0.1) is 11.8 Å². The first-order valence-electron chi connectivity index (χ1n) is 8.30. The molecule has 0 bridgehead atoms. The minimum absolute atomic E-state index is 0.0731. The Morgan fingerprint density at radius 2 is 2.08 bits per heavy atom. The van der Waals surface area contributed by atoms with Crippen molar-refractivity contribution in [3.63, 3.8) is 0 Å². The van der Waals surface area contributed by atoms with E-state index in [9.17, 15) is 9.90 Å². The van der Waals surface area contributed by atoms with Crippen LogP contribution in [0.2, 0.25) is 0 Å². The summed E-state index contributed by atoms with van der Waals surface area (Å²) < 4.78 is 0. The largest absolute Gasteiger partial charge is 0.393 e. The minimum Gasteiger partial charge on any atom is -0.393 e. The summed E-state index contributed by atoms with van der Waals surface area (Å²) in [5.41, 5.74) is 2.12. The number of nitrogens with one attached hydrogen (secondary N) is 2. The number of nitrogens with zero attached hydrogens (tertiary/aromatic N) is 1. The van der Waals surface area contributed by atoms with E-state index in [0.29, 0.717) is 18.1 Å². The fraction of sp³-hybridized carbons (Fsp3) is 0.444. The van der Waals surface area contributed by atoms with Gasteiger partial charge in [-0.15, -0.1) is 11.3 Å². The van der Waals surface area contributed by atoms with Gasteiger partial charge in [-0.25, -0.2) is 9.78 Å². The molecule has 0 radical (unpaired) electrons. The summed E-state index contributed by atoms with van der Waals surface area (Å²) in [4.78, 5) is 16.5. The number of aryl methyl sites for hydroxylation is 1. The van der Waals surface area contributed by atoms with Crippen molar-refractivity contribution in [2.75, 3.05) is 11.9 Å². The Hall–Kier alpha value is -1.92. The standard InChI is InChI=1S/C18H25N3O2S/c1-3-7-16-12-24-18(20-16)21-17(23)19-11-15(10-13(2)22)14-8-5-4-6-9-14/h4-6,8-9,12-13,15,22H,3,7,10-11H2,1-2H3,(H2,19,20,21,23). The summed E-state index contributed by atoms with van der Waals surface area (Å²) in [7, 11) is 0. The first-order chi connectivity index (χ1) is 11.6. The van der Waals surface area contributed by atoms with Crippen LogP contribution >= 0.6 is 11.3 Å². The minimum atomic E-state index is -0.421. The lowest BCUT2D eigenvalue weighted by Crippen LogP contribution is -2.33. The van der Waals surface area contributed by atoms with Gasteiger partial charge in [0.2, 0.25) is 0 Å². The van der Waals surface area contributed by atoms with Gasteiger partial charge >= 0.3 is 6.03 Å². The number of urea groups is 1. The third-order valence-electron chi connectivity index (χ3n) is 3.68. The maximum Gasteiger partial charge on any atom is 0.321 e. The Labute approximate surface area is 147 Å². The lowest BCUT2D eigenvalue weighted by molar-refractivity contribution is 0.173. The number of aliphatic hydroxyl groups excluding tert-OH is 1. The number of aliphatic hydroxyl groups is 1. The van der Waals surface area contributed by atoms with Crippen molar-refractivity contribution in [3.05, 3.63) is 47.0 Å². The SMILES string of the molecule is CCCc1csc(NC(=O)NCC(CC(C)O)c2ccccc2)n1. The van der Waals surface area contributed by atoms with E-state index >= 15 is 0 Å². The molecule has 0 aliphatic rings. The molecule has 1 heterocycles. The molecule has 6 heteroatoms. The molecule has 0 saturated carbocycles. The van der Waals surface area contributed by atoms with Gasteiger partial charge in [0, 0.05) is 17.8 Å². The van der Waals surface area contributed by atoms with Gasteiger partial charge in [0.15, 0.2) is 5.13 Å². The fourth-order valence-corrected chi connectivity index (χ4v) is 3.31. The Bertz CT molecular complexity index is 628. The maximum atomic E-state index is 12.1. The van der Waals surface area contributed by atoms with Crippen molar-refractivity contribution in [1.82, 2.24) is 10.3 Å². The summed E-state index contributed by atoms with van der Waals surface area (Å²) in [5, 5.41) is 17.9. The molecular weight excluding hydrogens is 322 g/mol. The summed E-state index contributed by atoms with van der Waals surface area (Å²) >= 11 is 1.44. The van der Waals surface area contributed by atoms with E-state index in [-0.39, 0.29) is 11.9 Å². The van der Waals surface area contributed by atoms with Crippen molar-refractivity contribution in [3.8, 4) is 0 Å². The number of hydrogen-bond acceptors (Lipinski definition) is 4. The van der Waals surface area contributed by atoms with Crippen LogP contribution < -0.4 is 10.6 Å². The molecule has 1 aromatic carbocycles. The normalized spacial score (nSPS) is 13.3.